The first-order valence-corrected chi connectivity index (χ1v) is 16.7. The second-order valence-corrected chi connectivity index (χ2v) is 14.5. The van der Waals surface area contributed by atoms with E-state index in [1.165, 1.54) is 40.7 Å². The number of nitrogens with one attached hydrogen (secondary N) is 1. The number of carbonyl (C=O) groups is 1. The first-order chi connectivity index (χ1) is 17.2. The van der Waals surface area contributed by atoms with Gasteiger partial charge in [-0.3, -0.25) is 9.10 Å². The molecule has 2 aromatic rings. The lowest BCUT2D eigenvalue weighted by atomic mass is 10.0. The molecular formula is C23H31N3O8S3. The van der Waals surface area contributed by atoms with Crippen LogP contribution in [-0.4, -0.2) is 80.8 Å². The summed E-state index contributed by atoms with van der Waals surface area (Å²) in [6, 6.07) is 11.0. The fourth-order valence-electron chi connectivity index (χ4n) is 3.86. The van der Waals surface area contributed by atoms with E-state index in [-0.39, 0.29) is 28.6 Å². The lowest BCUT2D eigenvalue weighted by Gasteiger charge is -2.27. The summed E-state index contributed by atoms with van der Waals surface area (Å²) in [5.74, 6) is -0.575. The van der Waals surface area contributed by atoms with Crippen LogP contribution >= 0.6 is 0 Å². The van der Waals surface area contributed by atoms with Gasteiger partial charge in [0.15, 0.2) is 9.84 Å². The maximum Gasteiger partial charge on any atom is 0.243 e. The summed E-state index contributed by atoms with van der Waals surface area (Å²) in [7, 11) is -11.0. The van der Waals surface area contributed by atoms with Crippen molar-refractivity contribution >= 4 is 41.5 Å². The summed E-state index contributed by atoms with van der Waals surface area (Å²) >= 11 is 0. The van der Waals surface area contributed by atoms with Gasteiger partial charge in [-0.05, 0) is 48.4 Å². The highest BCUT2D eigenvalue weighted by atomic mass is 32.2. The Morgan fingerprint density at radius 3 is 1.95 bits per heavy atom. The van der Waals surface area contributed by atoms with E-state index in [2.05, 4.69) is 5.32 Å². The van der Waals surface area contributed by atoms with Crippen molar-refractivity contribution in [2.24, 2.45) is 0 Å². The van der Waals surface area contributed by atoms with E-state index < -0.39 is 48.4 Å². The summed E-state index contributed by atoms with van der Waals surface area (Å²) in [6.07, 6.45) is 2.54. The Hall–Kier alpha value is -2.52. The quantitative estimate of drug-likeness (QED) is 0.445. The summed E-state index contributed by atoms with van der Waals surface area (Å²) in [5.41, 5.74) is 0.816. The molecule has 1 amide bonds. The van der Waals surface area contributed by atoms with Crippen LogP contribution < -0.4 is 9.62 Å². The Labute approximate surface area is 218 Å². The topological polar surface area (TPSA) is 147 Å². The molecule has 1 aliphatic rings. The second-order valence-electron chi connectivity index (χ2n) is 8.65. The van der Waals surface area contributed by atoms with Crippen molar-refractivity contribution in [1.29, 1.82) is 0 Å². The number of carbonyl (C=O) groups excluding carboxylic acids is 1. The van der Waals surface area contributed by atoms with Crippen LogP contribution in [0.15, 0.2) is 58.3 Å². The number of rotatable bonds is 10. The van der Waals surface area contributed by atoms with E-state index in [9.17, 15) is 30.0 Å². The third-order valence-electron chi connectivity index (χ3n) is 5.87. The molecule has 0 radical (unpaired) electrons. The van der Waals surface area contributed by atoms with Crippen molar-refractivity contribution in [2.75, 3.05) is 49.7 Å². The summed E-state index contributed by atoms with van der Waals surface area (Å²) < 4.78 is 81.5. The molecular weight excluding hydrogens is 542 g/mol. The molecule has 0 aromatic heterocycles. The zero-order valence-corrected chi connectivity index (χ0v) is 23.3. The molecule has 37 heavy (non-hydrogen) atoms. The van der Waals surface area contributed by atoms with Crippen LogP contribution in [0.3, 0.4) is 0 Å². The number of hydrogen-bond acceptors (Lipinski definition) is 8. The minimum absolute atomic E-state index is 0.0136. The van der Waals surface area contributed by atoms with Gasteiger partial charge in [0.25, 0.3) is 0 Å². The number of ether oxygens (including phenoxy) is 1. The molecule has 3 rings (SSSR count). The van der Waals surface area contributed by atoms with Crippen molar-refractivity contribution in [3.63, 3.8) is 0 Å². The van der Waals surface area contributed by atoms with Crippen LogP contribution in [0.5, 0.6) is 0 Å². The number of hydrogen-bond donors (Lipinski definition) is 1. The number of morpholine rings is 1. The molecule has 0 bridgehead atoms. The second kappa shape index (κ2) is 11.5. The molecule has 1 saturated heterocycles. The van der Waals surface area contributed by atoms with E-state index in [4.69, 9.17) is 4.74 Å². The fraction of sp³-hybridized carbons (Fsp3) is 0.435. The van der Waals surface area contributed by atoms with E-state index >= 15 is 0 Å². The minimum Gasteiger partial charge on any atom is -0.379 e. The predicted octanol–water partition coefficient (Wildman–Crippen LogP) is 1.14. The van der Waals surface area contributed by atoms with Crippen molar-refractivity contribution in [3.05, 3.63) is 54.1 Å². The van der Waals surface area contributed by atoms with Gasteiger partial charge in [0.1, 0.15) is 6.54 Å². The molecule has 1 heterocycles. The Morgan fingerprint density at radius 2 is 1.46 bits per heavy atom. The first kappa shape index (κ1) is 29.0. The standard InChI is InChI=1S/C23H31N3O8S3/c1-4-22(18-5-9-20(10-6-18)35(2,28)29)24-23(27)17-26(36(3,30)31)19-7-11-21(12-8-19)37(32,33)25-13-15-34-16-14-25/h5-12,22H,4,13-17H2,1-3H3,(H,24,27). The summed E-state index contributed by atoms with van der Waals surface area (Å²) in [5, 5.41) is 2.78. The average molecular weight is 574 g/mol. The molecule has 1 fully saturated rings. The maximum atomic E-state index is 12.8. The summed E-state index contributed by atoms with van der Waals surface area (Å²) in [4.78, 5) is 13.0. The van der Waals surface area contributed by atoms with Gasteiger partial charge in [-0.15, -0.1) is 0 Å². The van der Waals surface area contributed by atoms with Gasteiger partial charge in [-0.25, -0.2) is 25.3 Å². The van der Waals surface area contributed by atoms with Crippen LogP contribution in [0.2, 0.25) is 0 Å². The average Bonchev–Trinajstić information content (AvgIpc) is 2.85. The monoisotopic (exact) mass is 573 g/mol. The predicted molar refractivity (Wildman–Crippen MR) is 139 cm³/mol. The molecule has 0 spiro atoms. The number of sulfonamides is 2. The largest absolute Gasteiger partial charge is 0.379 e. The highest BCUT2D eigenvalue weighted by Gasteiger charge is 2.28. The van der Waals surface area contributed by atoms with Crippen LogP contribution in [0.4, 0.5) is 5.69 Å². The maximum absolute atomic E-state index is 12.8. The first-order valence-electron chi connectivity index (χ1n) is 11.5. The number of amides is 1. The summed E-state index contributed by atoms with van der Waals surface area (Å²) in [6.45, 7) is 2.37. The van der Waals surface area contributed by atoms with Gasteiger partial charge in [-0.2, -0.15) is 4.31 Å². The smallest absolute Gasteiger partial charge is 0.243 e. The van der Waals surface area contributed by atoms with Crippen molar-refractivity contribution in [1.82, 2.24) is 9.62 Å². The van der Waals surface area contributed by atoms with Crippen LogP contribution in [0.1, 0.15) is 24.9 Å². The molecule has 0 aliphatic carbocycles. The minimum atomic E-state index is -3.88. The Kier molecular flexibility index (Phi) is 9.01. The lowest BCUT2D eigenvalue weighted by Crippen LogP contribution is -2.41. The van der Waals surface area contributed by atoms with Crippen LogP contribution in [0, 0.1) is 0 Å². The van der Waals surface area contributed by atoms with Crippen LogP contribution in [-0.2, 0) is 39.4 Å². The van der Waals surface area contributed by atoms with Gasteiger partial charge in [-0.1, -0.05) is 19.1 Å². The number of anilines is 1. The van der Waals surface area contributed by atoms with E-state index in [1.54, 1.807) is 12.1 Å². The van der Waals surface area contributed by atoms with E-state index in [0.717, 1.165) is 16.8 Å². The molecule has 1 aliphatic heterocycles. The molecule has 0 saturated carbocycles. The Bertz CT molecular complexity index is 1420. The molecule has 1 unspecified atom stereocenters. The van der Waals surface area contributed by atoms with Crippen LogP contribution in [0.25, 0.3) is 0 Å². The molecule has 11 nitrogen and oxygen atoms in total. The highest BCUT2D eigenvalue weighted by Crippen LogP contribution is 2.24. The van der Waals surface area contributed by atoms with Gasteiger partial charge in [0, 0.05) is 19.3 Å². The van der Waals surface area contributed by atoms with Gasteiger partial charge >= 0.3 is 0 Å². The SMILES string of the molecule is CCC(NC(=O)CN(c1ccc(S(=O)(=O)N2CCOCC2)cc1)S(C)(=O)=O)c1ccc(S(C)(=O)=O)cc1. The molecule has 204 valence electrons. The lowest BCUT2D eigenvalue weighted by molar-refractivity contribution is -0.120. The molecule has 14 heteroatoms. The third kappa shape index (κ3) is 7.29. The van der Waals surface area contributed by atoms with Crippen molar-refractivity contribution in [2.45, 2.75) is 29.2 Å². The third-order valence-corrected chi connectivity index (χ3v) is 10.1. The van der Waals surface area contributed by atoms with Gasteiger partial charge in [0.05, 0.1) is 41.0 Å². The molecule has 1 atom stereocenters. The fourth-order valence-corrected chi connectivity index (χ4v) is 6.75. The Balaban J connectivity index is 1.76. The van der Waals surface area contributed by atoms with E-state index in [1.807, 2.05) is 6.92 Å². The van der Waals surface area contributed by atoms with Gasteiger partial charge in [0.2, 0.25) is 26.0 Å². The van der Waals surface area contributed by atoms with Crippen molar-refractivity contribution < 1.29 is 34.8 Å². The van der Waals surface area contributed by atoms with Gasteiger partial charge < -0.3 is 10.1 Å². The number of benzene rings is 2. The Morgan fingerprint density at radius 1 is 0.919 bits per heavy atom. The van der Waals surface area contributed by atoms with E-state index in [0.29, 0.717) is 25.2 Å². The normalized spacial score (nSPS) is 16.2. The van der Waals surface area contributed by atoms with Crippen molar-refractivity contribution in [3.8, 4) is 0 Å². The zero-order chi connectivity index (χ0) is 27.4. The number of nitrogens with zero attached hydrogens (tertiary/aromatic N) is 2. The number of sulfone groups is 1. The zero-order valence-electron chi connectivity index (χ0n) is 20.8. The highest BCUT2D eigenvalue weighted by molar-refractivity contribution is 7.92. The molecule has 1 N–H and O–H groups in total. The molecule has 2 aromatic carbocycles.